The van der Waals surface area contributed by atoms with Crippen LogP contribution >= 0.6 is 15.9 Å². The second-order valence-electron chi connectivity index (χ2n) is 5.13. The van der Waals surface area contributed by atoms with Gasteiger partial charge in [-0.2, -0.15) is 0 Å². The van der Waals surface area contributed by atoms with Gasteiger partial charge in [-0.25, -0.2) is 0 Å². The van der Waals surface area contributed by atoms with Gasteiger partial charge < -0.3 is 11.1 Å². The molecule has 1 aromatic heterocycles. The Hall–Kier alpha value is -1.29. The minimum atomic E-state index is -0.0370. The van der Waals surface area contributed by atoms with Gasteiger partial charge in [0.15, 0.2) is 0 Å². The van der Waals surface area contributed by atoms with Crippen molar-refractivity contribution in [3.63, 3.8) is 0 Å². The maximum absolute atomic E-state index is 6.00. The quantitative estimate of drug-likeness (QED) is 0.841. The highest BCUT2D eigenvalue weighted by molar-refractivity contribution is 9.10. The lowest BCUT2D eigenvalue weighted by Gasteiger charge is -2.24. The van der Waals surface area contributed by atoms with Crippen LogP contribution in [0.15, 0.2) is 28.9 Å². The second-order valence-corrected chi connectivity index (χ2v) is 6.04. The first-order valence-corrected chi connectivity index (χ1v) is 6.28. The molecular formula is C13H16BrN3. The molecule has 17 heavy (non-hydrogen) atoms. The molecule has 4 heteroatoms. The molecule has 0 radical (unpaired) electrons. The van der Waals surface area contributed by atoms with Crippen LogP contribution in [0.25, 0.3) is 10.9 Å². The highest BCUT2D eigenvalue weighted by atomic mass is 79.9. The zero-order chi connectivity index (χ0) is 12.6. The maximum Gasteiger partial charge on any atom is 0.0743 e. The topological polar surface area (TPSA) is 50.9 Å². The van der Waals surface area contributed by atoms with Gasteiger partial charge >= 0.3 is 0 Å². The number of pyridine rings is 1. The number of rotatable bonds is 1. The van der Waals surface area contributed by atoms with Gasteiger partial charge in [-0.05, 0) is 39.0 Å². The number of halogens is 1. The smallest absolute Gasteiger partial charge is 0.0743 e. The molecule has 2 rings (SSSR count). The molecule has 3 nitrogen and oxygen atoms in total. The first-order valence-electron chi connectivity index (χ1n) is 5.49. The third-order valence-electron chi connectivity index (χ3n) is 2.36. The van der Waals surface area contributed by atoms with Gasteiger partial charge in [0, 0.05) is 15.4 Å². The fraction of sp³-hybridized carbons (Fsp3) is 0.308. The standard InChI is InChI=1S/C13H16BrN3/c1-13(2,3)17-12-9-6-8(14)4-5-11(9)16-7-10(12)15/h4-7H,15H2,1-3H3,(H,16,17). The van der Waals surface area contributed by atoms with Crippen molar-refractivity contribution in [1.29, 1.82) is 0 Å². The summed E-state index contributed by atoms with van der Waals surface area (Å²) in [5.41, 5.74) is 8.53. The number of hydrogen-bond acceptors (Lipinski definition) is 3. The van der Waals surface area contributed by atoms with E-state index < -0.39 is 0 Å². The van der Waals surface area contributed by atoms with Gasteiger partial charge in [0.25, 0.3) is 0 Å². The van der Waals surface area contributed by atoms with E-state index in [1.165, 1.54) is 0 Å². The van der Waals surface area contributed by atoms with E-state index in [-0.39, 0.29) is 5.54 Å². The van der Waals surface area contributed by atoms with Gasteiger partial charge in [-0.15, -0.1) is 0 Å². The molecule has 90 valence electrons. The van der Waals surface area contributed by atoms with E-state index in [4.69, 9.17) is 5.73 Å². The summed E-state index contributed by atoms with van der Waals surface area (Å²) in [6, 6.07) is 5.99. The number of anilines is 2. The molecule has 1 heterocycles. The molecule has 0 saturated heterocycles. The van der Waals surface area contributed by atoms with E-state index >= 15 is 0 Å². The van der Waals surface area contributed by atoms with E-state index in [1.54, 1.807) is 6.20 Å². The summed E-state index contributed by atoms with van der Waals surface area (Å²) in [7, 11) is 0. The molecule has 3 N–H and O–H groups in total. The lowest BCUT2D eigenvalue weighted by atomic mass is 10.1. The van der Waals surface area contributed by atoms with Crippen molar-refractivity contribution in [1.82, 2.24) is 4.98 Å². The third-order valence-corrected chi connectivity index (χ3v) is 2.85. The Kier molecular flexibility index (Phi) is 3.00. The lowest BCUT2D eigenvalue weighted by molar-refractivity contribution is 0.635. The molecule has 0 fully saturated rings. The highest BCUT2D eigenvalue weighted by Gasteiger charge is 2.14. The summed E-state index contributed by atoms with van der Waals surface area (Å²) in [5, 5.41) is 4.47. The van der Waals surface area contributed by atoms with Crippen molar-refractivity contribution in [2.75, 3.05) is 11.1 Å². The average molecular weight is 294 g/mol. The number of hydrogen-bond donors (Lipinski definition) is 2. The molecule has 0 aliphatic carbocycles. The van der Waals surface area contributed by atoms with Crippen LogP contribution in [0.5, 0.6) is 0 Å². The van der Waals surface area contributed by atoms with Crippen LogP contribution < -0.4 is 11.1 Å². The summed E-state index contributed by atoms with van der Waals surface area (Å²) in [6.07, 6.45) is 1.70. The van der Waals surface area contributed by atoms with Crippen molar-refractivity contribution in [2.45, 2.75) is 26.3 Å². The Balaban J connectivity index is 2.66. The van der Waals surface area contributed by atoms with Crippen LogP contribution in [0.1, 0.15) is 20.8 Å². The normalized spacial score (nSPS) is 11.8. The average Bonchev–Trinajstić information content (AvgIpc) is 2.21. The first kappa shape index (κ1) is 12.2. The molecule has 0 saturated carbocycles. The molecule has 0 bridgehead atoms. The Bertz CT molecular complexity index is 553. The third kappa shape index (κ3) is 2.69. The summed E-state index contributed by atoms with van der Waals surface area (Å²) in [4.78, 5) is 4.33. The Labute approximate surface area is 110 Å². The fourth-order valence-electron chi connectivity index (χ4n) is 1.69. The molecule has 0 aliphatic rings. The van der Waals surface area contributed by atoms with E-state index in [0.29, 0.717) is 5.69 Å². The van der Waals surface area contributed by atoms with Crippen molar-refractivity contribution in [3.05, 3.63) is 28.9 Å². The maximum atomic E-state index is 6.00. The summed E-state index contributed by atoms with van der Waals surface area (Å²) in [5.74, 6) is 0. The monoisotopic (exact) mass is 293 g/mol. The van der Waals surface area contributed by atoms with Gasteiger partial charge in [0.2, 0.25) is 0 Å². The zero-order valence-corrected chi connectivity index (χ0v) is 11.8. The number of nitrogens with zero attached hydrogens (tertiary/aromatic N) is 1. The summed E-state index contributed by atoms with van der Waals surface area (Å²) < 4.78 is 1.02. The molecule has 0 aliphatic heterocycles. The van der Waals surface area contributed by atoms with Crippen LogP contribution in [0.4, 0.5) is 11.4 Å². The number of benzene rings is 1. The molecule has 2 aromatic rings. The van der Waals surface area contributed by atoms with E-state index in [1.807, 2.05) is 18.2 Å². The number of nitrogens with two attached hydrogens (primary N) is 1. The van der Waals surface area contributed by atoms with E-state index in [0.717, 1.165) is 21.1 Å². The van der Waals surface area contributed by atoms with E-state index in [2.05, 4.69) is 47.0 Å². The minimum absolute atomic E-state index is 0.0370. The van der Waals surface area contributed by atoms with Gasteiger partial charge in [-0.3, -0.25) is 4.98 Å². The van der Waals surface area contributed by atoms with Crippen molar-refractivity contribution in [3.8, 4) is 0 Å². The zero-order valence-electron chi connectivity index (χ0n) is 10.2. The Morgan fingerprint density at radius 3 is 2.65 bits per heavy atom. The summed E-state index contributed by atoms with van der Waals surface area (Å²) >= 11 is 3.47. The van der Waals surface area contributed by atoms with Crippen LogP contribution in [-0.2, 0) is 0 Å². The Morgan fingerprint density at radius 2 is 2.00 bits per heavy atom. The molecule has 0 unspecified atom stereocenters. The van der Waals surface area contributed by atoms with Crippen LogP contribution in [0.2, 0.25) is 0 Å². The van der Waals surface area contributed by atoms with Crippen molar-refractivity contribution >= 4 is 38.2 Å². The molecule has 0 atom stereocenters. The number of nitrogen functional groups attached to an aromatic ring is 1. The van der Waals surface area contributed by atoms with E-state index in [9.17, 15) is 0 Å². The first-order chi connectivity index (χ1) is 7.87. The number of fused-ring (bicyclic) bond motifs is 1. The minimum Gasteiger partial charge on any atom is -0.396 e. The molecule has 0 spiro atoms. The largest absolute Gasteiger partial charge is 0.396 e. The van der Waals surface area contributed by atoms with Crippen molar-refractivity contribution < 1.29 is 0 Å². The second kappa shape index (κ2) is 4.18. The predicted octanol–water partition coefficient (Wildman–Crippen LogP) is 3.79. The van der Waals surface area contributed by atoms with Crippen LogP contribution in [0.3, 0.4) is 0 Å². The number of nitrogens with one attached hydrogen (secondary N) is 1. The van der Waals surface area contributed by atoms with Gasteiger partial charge in [-0.1, -0.05) is 15.9 Å². The molecule has 1 aromatic carbocycles. The fourth-order valence-corrected chi connectivity index (χ4v) is 2.06. The van der Waals surface area contributed by atoms with Crippen LogP contribution in [0, 0.1) is 0 Å². The number of aromatic nitrogens is 1. The SMILES string of the molecule is CC(C)(C)Nc1c(N)cnc2ccc(Br)cc12. The highest BCUT2D eigenvalue weighted by Crippen LogP contribution is 2.31. The molecular weight excluding hydrogens is 278 g/mol. The van der Waals surface area contributed by atoms with Gasteiger partial charge in [0.1, 0.15) is 0 Å². The lowest BCUT2D eigenvalue weighted by Crippen LogP contribution is -2.26. The van der Waals surface area contributed by atoms with Crippen molar-refractivity contribution in [2.24, 2.45) is 0 Å². The Morgan fingerprint density at radius 1 is 1.29 bits per heavy atom. The van der Waals surface area contributed by atoms with Crippen LogP contribution in [-0.4, -0.2) is 10.5 Å². The summed E-state index contributed by atoms with van der Waals surface area (Å²) in [6.45, 7) is 6.32. The van der Waals surface area contributed by atoms with Gasteiger partial charge in [0.05, 0.1) is 23.1 Å². The molecule has 0 amide bonds. The predicted molar refractivity (Wildman–Crippen MR) is 77.2 cm³/mol.